The van der Waals surface area contributed by atoms with Crippen molar-refractivity contribution in [3.05, 3.63) is 0 Å². The maximum absolute atomic E-state index is 9.92. The molecule has 0 saturated carbocycles. The smallest absolute Gasteiger partial charge is 0.151 e. The lowest BCUT2D eigenvalue weighted by Crippen LogP contribution is -2.41. The van der Waals surface area contributed by atoms with Crippen LogP contribution in [0.25, 0.3) is 0 Å². The highest BCUT2D eigenvalue weighted by atomic mass is 31.2. The average molecular weight is 228 g/mol. The molecule has 9 heteroatoms. The Hall–Kier alpha value is -0.340. The number of rotatable bonds is 6. The number of aldehydes is 1. The Labute approximate surface area is 79.0 Å². The van der Waals surface area contributed by atoms with E-state index in [0.29, 0.717) is 0 Å². The van der Waals surface area contributed by atoms with Crippen molar-refractivity contribution in [2.45, 2.75) is 18.3 Å². The summed E-state index contributed by atoms with van der Waals surface area (Å²) in [6.45, 7) is -1.02. The predicted octanol–water partition coefficient (Wildman–Crippen LogP) is -3.89. The number of phosphoric acid groups is 1. The third-order valence-electron chi connectivity index (χ3n) is 1.29. The summed E-state index contributed by atoms with van der Waals surface area (Å²) >= 11 is 0. The molecule has 0 unspecified atom stereocenters. The minimum atomic E-state index is -5.24. The molecule has 0 aromatic heterocycles. The zero-order valence-corrected chi connectivity index (χ0v) is 7.74. The van der Waals surface area contributed by atoms with Gasteiger partial charge in [-0.25, -0.2) is 0 Å². The third-order valence-corrected chi connectivity index (χ3v) is 1.75. The third kappa shape index (κ3) is 5.40. The molecule has 0 fully saturated rings. The summed E-state index contributed by atoms with van der Waals surface area (Å²) in [4.78, 5) is 29.8. The highest BCUT2D eigenvalue weighted by molar-refractivity contribution is 7.43. The van der Waals surface area contributed by atoms with E-state index in [2.05, 4.69) is 4.52 Å². The number of carbonyl (C=O) groups is 1. The summed E-state index contributed by atoms with van der Waals surface area (Å²) in [6.07, 6.45) is -5.67. The molecule has 0 aromatic rings. The second-order valence-corrected chi connectivity index (χ2v) is 3.58. The summed E-state index contributed by atoms with van der Waals surface area (Å²) in [5.74, 6) is 0. The number of carbonyl (C=O) groups excluding carboxylic acids is 1. The second kappa shape index (κ2) is 5.52. The topological polar surface area (TPSA) is 150 Å². The van der Waals surface area contributed by atoms with Crippen molar-refractivity contribution in [1.82, 2.24) is 0 Å². The van der Waals surface area contributed by atoms with Gasteiger partial charge in [0.25, 0.3) is 0 Å². The van der Waals surface area contributed by atoms with Crippen LogP contribution in [0.4, 0.5) is 0 Å². The van der Waals surface area contributed by atoms with Gasteiger partial charge in [-0.15, -0.1) is 0 Å². The Balaban J connectivity index is 4.02. The zero-order valence-electron chi connectivity index (χ0n) is 6.85. The van der Waals surface area contributed by atoms with E-state index in [9.17, 15) is 19.1 Å². The van der Waals surface area contributed by atoms with E-state index in [4.69, 9.17) is 15.3 Å². The Morgan fingerprint density at radius 3 is 2.21 bits per heavy atom. The van der Waals surface area contributed by atoms with Crippen LogP contribution in [-0.4, -0.2) is 46.5 Å². The fraction of sp³-hybridized carbons (Fsp3) is 0.800. The van der Waals surface area contributed by atoms with Crippen molar-refractivity contribution in [3.63, 3.8) is 0 Å². The van der Waals surface area contributed by atoms with Gasteiger partial charge in [0.1, 0.15) is 18.3 Å². The van der Waals surface area contributed by atoms with Crippen LogP contribution >= 0.6 is 7.82 Å². The van der Waals surface area contributed by atoms with Crippen LogP contribution in [0.15, 0.2) is 0 Å². The molecular weight excluding hydrogens is 219 g/mol. The zero-order chi connectivity index (χ0) is 11.4. The standard InChI is InChI=1S/C5H11O8P/c6-1-3(7)5(9)4(8)2-13-14(10,11)12/h1,3-5,7-9H,2H2,(H2,10,11,12)/p-2/t3-,4+,5+/m0/s1. The molecule has 0 amide bonds. The number of hydrogen-bond acceptors (Lipinski definition) is 8. The van der Waals surface area contributed by atoms with E-state index in [1.165, 1.54) is 0 Å². The minimum Gasteiger partial charge on any atom is -0.790 e. The van der Waals surface area contributed by atoms with Gasteiger partial charge >= 0.3 is 0 Å². The van der Waals surface area contributed by atoms with E-state index in [1.807, 2.05) is 0 Å². The molecule has 14 heavy (non-hydrogen) atoms. The molecule has 0 aliphatic rings. The van der Waals surface area contributed by atoms with Gasteiger partial charge in [0.15, 0.2) is 6.29 Å². The van der Waals surface area contributed by atoms with Crippen molar-refractivity contribution in [3.8, 4) is 0 Å². The second-order valence-electron chi connectivity index (χ2n) is 2.43. The van der Waals surface area contributed by atoms with Gasteiger partial charge in [0, 0.05) is 0 Å². The van der Waals surface area contributed by atoms with Crippen LogP contribution in [-0.2, 0) is 13.9 Å². The first-order valence-corrected chi connectivity index (χ1v) is 4.90. The van der Waals surface area contributed by atoms with Crippen molar-refractivity contribution in [1.29, 1.82) is 0 Å². The fourth-order valence-electron chi connectivity index (χ4n) is 0.574. The van der Waals surface area contributed by atoms with Gasteiger partial charge in [-0.05, 0) is 0 Å². The van der Waals surface area contributed by atoms with Gasteiger partial charge in [0.2, 0.25) is 0 Å². The van der Waals surface area contributed by atoms with Crippen molar-refractivity contribution in [2.24, 2.45) is 0 Å². The van der Waals surface area contributed by atoms with E-state index in [0.717, 1.165) is 0 Å². The van der Waals surface area contributed by atoms with Crippen LogP contribution in [0.5, 0.6) is 0 Å². The van der Waals surface area contributed by atoms with Crippen LogP contribution in [0, 0.1) is 0 Å². The first-order valence-electron chi connectivity index (χ1n) is 3.44. The molecule has 84 valence electrons. The van der Waals surface area contributed by atoms with Crippen LogP contribution in [0.1, 0.15) is 0 Å². The molecule has 0 heterocycles. The molecule has 3 N–H and O–H groups in total. The van der Waals surface area contributed by atoms with Gasteiger partial charge in [0.05, 0.1) is 14.4 Å². The van der Waals surface area contributed by atoms with Gasteiger partial charge < -0.3 is 39.0 Å². The molecule has 0 saturated heterocycles. The Kier molecular flexibility index (Phi) is 5.38. The molecule has 0 spiro atoms. The number of phosphoric ester groups is 1. The molecule has 0 aromatic carbocycles. The van der Waals surface area contributed by atoms with E-state index in [1.54, 1.807) is 0 Å². The lowest BCUT2D eigenvalue weighted by molar-refractivity contribution is -0.343. The highest BCUT2D eigenvalue weighted by Crippen LogP contribution is 2.24. The van der Waals surface area contributed by atoms with Crippen molar-refractivity contribution >= 4 is 14.1 Å². The SMILES string of the molecule is O=C[C@H](O)[C@@H](O)[C@H](O)COP(=O)([O-])[O-]. The van der Waals surface area contributed by atoms with Crippen molar-refractivity contribution < 1.29 is 39.0 Å². The quantitative estimate of drug-likeness (QED) is 0.308. The average Bonchev–Trinajstić information content (AvgIpc) is 2.10. The molecule has 8 nitrogen and oxygen atoms in total. The summed E-state index contributed by atoms with van der Waals surface area (Å²) < 4.78 is 13.5. The minimum absolute atomic E-state index is 0.0537. The number of aliphatic hydroxyl groups is 3. The van der Waals surface area contributed by atoms with Gasteiger partial charge in [-0.2, -0.15) is 0 Å². The first kappa shape index (κ1) is 13.7. The summed E-state index contributed by atoms with van der Waals surface area (Å²) in [7, 11) is -5.24. The number of hydrogen-bond donors (Lipinski definition) is 3. The van der Waals surface area contributed by atoms with E-state index in [-0.39, 0.29) is 6.29 Å². The van der Waals surface area contributed by atoms with Gasteiger partial charge in [-0.3, -0.25) is 0 Å². The molecule has 0 rings (SSSR count). The van der Waals surface area contributed by atoms with Crippen molar-refractivity contribution in [2.75, 3.05) is 6.61 Å². The van der Waals surface area contributed by atoms with E-state index >= 15 is 0 Å². The molecule has 0 aliphatic heterocycles. The first-order chi connectivity index (χ1) is 6.28. The molecule has 0 bridgehead atoms. The monoisotopic (exact) mass is 228 g/mol. The maximum atomic E-state index is 9.92. The lowest BCUT2D eigenvalue weighted by Gasteiger charge is -2.30. The van der Waals surface area contributed by atoms with Gasteiger partial charge in [-0.1, -0.05) is 0 Å². The van der Waals surface area contributed by atoms with E-state index < -0.39 is 32.7 Å². The number of aliphatic hydroxyl groups excluding tert-OH is 3. The normalized spacial score (nSPS) is 18.6. The molecule has 0 aliphatic carbocycles. The largest absolute Gasteiger partial charge is 0.790 e. The summed E-state index contributed by atoms with van der Waals surface area (Å²) in [5, 5.41) is 26.4. The summed E-state index contributed by atoms with van der Waals surface area (Å²) in [6, 6.07) is 0. The Morgan fingerprint density at radius 1 is 1.36 bits per heavy atom. The summed E-state index contributed by atoms with van der Waals surface area (Å²) in [5.41, 5.74) is 0. The molecular formula is C5H9O8P-2. The Bertz CT molecular complexity index is 224. The highest BCUT2D eigenvalue weighted by Gasteiger charge is 2.24. The lowest BCUT2D eigenvalue weighted by atomic mass is 10.1. The predicted molar refractivity (Wildman–Crippen MR) is 37.6 cm³/mol. The molecule has 3 atom stereocenters. The van der Waals surface area contributed by atoms with Crippen LogP contribution < -0.4 is 9.79 Å². The Morgan fingerprint density at radius 2 is 1.86 bits per heavy atom. The maximum Gasteiger partial charge on any atom is 0.151 e. The fourth-order valence-corrected chi connectivity index (χ4v) is 0.910. The molecule has 0 radical (unpaired) electrons. The van der Waals surface area contributed by atoms with Crippen LogP contribution in [0.3, 0.4) is 0 Å². The van der Waals surface area contributed by atoms with Crippen LogP contribution in [0.2, 0.25) is 0 Å².